The Morgan fingerprint density at radius 3 is 2.37 bits per heavy atom. The number of hydrogen-bond acceptors (Lipinski definition) is 2. The standard InChI is InChI=1S/C14H24N2O3/c1-4-12(11(2)3)16-14(19)15-10-8-6-5-7-9-13(17)18/h1,11-12H,5-10H2,2-3H3,(H,17,18)(H2,15,16,19). The van der Waals surface area contributed by atoms with Crippen LogP contribution in [0.5, 0.6) is 0 Å². The zero-order chi connectivity index (χ0) is 14.7. The first-order valence-corrected chi connectivity index (χ1v) is 6.69. The van der Waals surface area contributed by atoms with Crippen molar-refractivity contribution in [3.8, 4) is 12.3 Å². The Bertz CT molecular complexity index is 321. The summed E-state index contributed by atoms with van der Waals surface area (Å²) in [6, 6.07) is -0.502. The van der Waals surface area contributed by atoms with E-state index < -0.39 is 5.97 Å². The number of nitrogens with one attached hydrogen (secondary N) is 2. The smallest absolute Gasteiger partial charge is 0.315 e. The molecule has 0 aromatic carbocycles. The highest BCUT2D eigenvalue weighted by molar-refractivity contribution is 5.74. The number of carbonyl (C=O) groups is 2. The van der Waals surface area contributed by atoms with Crippen molar-refractivity contribution in [2.24, 2.45) is 5.92 Å². The van der Waals surface area contributed by atoms with Crippen LogP contribution in [-0.4, -0.2) is 29.7 Å². The molecule has 0 spiro atoms. The number of carbonyl (C=O) groups excluding carboxylic acids is 1. The monoisotopic (exact) mass is 268 g/mol. The van der Waals surface area contributed by atoms with Crippen LogP contribution in [0.15, 0.2) is 0 Å². The molecule has 0 aromatic heterocycles. The molecule has 1 atom stereocenters. The molecule has 0 aliphatic rings. The molecular formula is C14H24N2O3. The number of urea groups is 1. The van der Waals surface area contributed by atoms with Crippen LogP contribution in [0.1, 0.15) is 46.0 Å². The first kappa shape index (κ1) is 17.3. The van der Waals surface area contributed by atoms with E-state index in [0.29, 0.717) is 13.0 Å². The molecule has 0 fully saturated rings. The van der Waals surface area contributed by atoms with Gasteiger partial charge in [0.05, 0.1) is 6.04 Å². The zero-order valence-electron chi connectivity index (χ0n) is 11.7. The van der Waals surface area contributed by atoms with Gasteiger partial charge in [0.2, 0.25) is 0 Å². The number of rotatable bonds is 9. The SMILES string of the molecule is C#CC(NC(=O)NCCCCCCC(=O)O)C(C)C. The third-order valence-electron chi connectivity index (χ3n) is 2.74. The van der Waals surface area contributed by atoms with Gasteiger partial charge < -0.3 is 15.7 Å². The molecule has 0 aliphatic heterocycles. The lowest BCUT2D eigenvalue weighted by atomic mass is 10.1. The molecule has 1 unspecified atom stereocenters. The predicted molar refractivity (Wildman–Crippen MR) is 74.7 cm³/mol. The summed E-state index contributed by atoms with van der Waals surface area (Å²) in [6.45, 7) is 4.48. The third-order valence-corrected chi connectivity index (χ3v) is 2.74. The van der Waals surface area contributed by atoms with Crippen molar-refractivity contribution in [2.45, 2.75) is 52.0 Å². The summed E-state index contributed by atoms with van der Waals surface area (Å²) in [5, 5.41) is 13.9. The fourth-order valence-corrected chi connectivity index (χ4v) is 1.55. The quantitative estimate of drug-likeness (QED) is 0.442. The minimum Gasteiger partial charge on any atom is -0.481 e. The second kappa shape index (κ2) is 10.2. The Morgan fingerprint density at radius 2 is 1.84 bits per heavy atom. The molecule has 0 saturated heterocycles. The maximum atomic E-state index is 11.5. The summed E-state index contributed by atoms with van der Waals surface area (Å²) in [4.78, 5) is 21.8. The molecule has 0 aromatic rings. The van der Waals surface area contributed by atoms with Gasteiger partial charge in [-0.25, -0.2) is 4.79 Å². The van der Waals surface area contributed by atoms with E-state index in [1.165, 1.54) is 0 Å². The minimum absolute atomic E-state index is 0.201. The number of aliphatic carboxylic acids is 1. The van der Waals surface area contributed by atoms with Crippen molar-refractivity contribution in [1.29, 1.82) is 0 Å². The molecular weight excluding hydrogens is 244 g/mol. The number of carboxylic acid groups (broad SMARTS) is 1. The van der Waals surface area contributed by atoms with Crippen molar-refractivity contribution < 1.29 is 14.7 Å². The van der Waals surface area contributed by atoms with Gasteiger partial charge in [0.25, 0.3) is 0 Å². The summed E-state index contributed by atoms with van der Waals surface area (Å²) in [6.07, 6.45) is 8.84. The summed E-state index contributed by atoms with van der Waals surface area (Å²) >= 11 is 0. The number of amides is 2. The van der Waals surface area contributed by atoms with Crippen LogP contribution in [-0.2, 0) is 4.79 Å². The molecule has 0 saturated carbocycles. The lowest BCUT2D eigenvalue weighted by Crippen LogP contribution is -2.44. The van der Waals surface area contributed by atoms with Crippen LogP contribution < -0.4 is 10.6 Å². The maximum Gasteiger partial charge on any atom is 0.315 e. The Balaban J connectivity index is 3.54. The van der Waals surface area contributed by atoms with Gasteiger partial charge in [-0.3, -0.25) is 4.79 Å². The molecule has 0 aliphatic carbocycles. The van der Waals surface area contributed by atoms with E-state index in [9.17, 15) is 9.59 Å². The van der Waals surface area contributed by atoms with Crippen LogP contribution in [0, 0.1) is 18.3 Å². The van der Waals surface area contributed by atoms with E-state index in [4.69, 9.17) is 11.5 Å². The molecule has 0 heterocycles. The summed E-state index contributed by atoms with van der Waals surface area (Å²) < 4.78 is 0. The molecule has 108 valence electrons. The maximum absolute atomic E-state index is 11.5. The fourth-order valence-electron chi connectivity index (χ4n) is 1.55. The molecule has 0 rings (SSSR count). The van der Waals surface area contributed by atoms with Gasteiger partial charge in [0, 0.05) is 13.0 Å². The van der Waals surface area contributed by atoms with E-state index in [0.717, 1.165) is 19.3 Å². The highest BCUT2D eigenvalue weighted by Gasteiger charge is 2.12. The van der Waals surface area contributed by atoms with E-state index >= 15 is 0 Å². The Morgan fingerprint density at radius 1 is 1.21 bits per heavy atom. The largest absolute Gasteiger partial charge is 0.481 e. The van der Waals surface area contributed by atoms with Crippen molar-refractivity contribution in [3.63, 3.8) is 0 Å². The molecule has 0 bridgehead atoms. The highest BCUT2D eigenvalue weighted by atomic mass is 16.4. The molecule has 19 heavy (non-hydrogen) atoms. The van der Waals surface area contributed by atoms with E-state index in [-0.39, 0.29) is 24.4 Å². The van der Waals surface area contributed by atoms with Gasteiger partial charge in [0.1, 0.15) is 0 Å². The zero-order valence-corrected chi connectivity index (χ0v) is 11.7. The van der Waals surface area contributed by atoms with Gasteiger partial charge in [-0.15, -0.1) is 6.42 Å². The number of carboxylic acids is 1. The van der Waals surface area contributed by atoms with Crippen LogP contribution in [0.2, 0.25) is 0 Å². The number of unbranched alkanes of at least 4 members (excludes halogenated alkanes) is 3. The van der Waals surface area contributed by atoms with E-state index in [1.807, 2.05) is 13.8 Å². The Labute approximate surface area is 115 Å². The average Bonchev–Trinajstić information content (AvgIpc) is 2.34. The lowest BCUT2D eigenvalue weighted by molar-refractivity contribution is -0.137. The van der Waals surface area contributed by atoms with Gasteiger partial charge in [-0.05, 0) is 18.8 Å². The first-order valence-electron chi connectivity index (χ1n) is 6.69. The third kappa shape index (κ3) is 9.95. The van der Waals surface area contributed by atoms with Crippen LogP contribution in [0.4, 0.5) is 4.79 Å². The molecule has 2 amide bonds. The second-order valence-corrected chi connectivity index (χ2v) is 4.85. The topological polar surface area (TPSA) is 78.4 Å². The predicted octanol–water partition coefficient (Wildman–Crippen LogP) is 1.98. The fraction of sp³-hybridized carbons (Fsp3) is 0.714. The number of hydrogen-bond donors (Lipinski definition) is 3. The number of terminal acetylenes is 1. The average molecular weight is 268 g/mol. The van der Waals surface area contributed by atoms with Crippen molar-refractivity contribution >= 4 is 12.0 Å². The van der Waals surface area contributed by atoms with Crippen LogP contribution in [0.25, 0.3) is 0 Å². The van der Waals surface area contributed by atoms with Crippen LogP contribution >= 0.6 is 0 Å². The van der Waals surface area contributed by atoms with Gasteiger partial charge >= 0.3 is 12.0 Å². The van der Waals surface area contributed by atoms with E-state index in [1.54, 1.807) is 0 Å². The van der Waals surface area contributed by atoms with E-state index in [2.05, 4.69) is 16.6 Å². The lowest BCUT2D eigenvalue weighted by Gasteiger charge is -2.16. The van der Waals surface area contributed by atoms with Gasteiger partial charge in [0.15, 0.2) is 0 Å². The van der Waals surface area contributed by atoms with Gasteiger partial charge in [-0.1, -0.05) is 32.6 Å². The van der Waals surface area contributed by atoms with Crippen molar-refractivity contribution in [1.82, 2.24) is 10.6 Å². The summed E-state index contributed by atoms with van der Waals surface area (Å²) in [7, 11) is 0. The summed E-state index contributed by atoms with van der Waals surface area (Å²) in [5.74, 6) is 1.98. The second-order valence-electron chi connectivity index (χ2n) is 4.85. The Hall–Kier alpha value is -1.70. The minimum atomic E-state index is -0.758. The molecule has 5 nitrogen and oxygen atoms in total. The van der Waals surface area contributed by atoms with Crippen LogP contribution in [0.3, 0.4) is 0 Å². The highest BCUT2D eigenvalue weighted by Crippen LogP contribution is 2.02. The molecule has 0 radical (unpaired) electrons. The molecule has 3 N–H and O–H groups in total. The first-order chi connectivity index (χ1) is 8.97. The summed E-state index contributed by atoms with van der Waals surface area (Å²) in [5.41, 5.74) is 0. The van der Waals surface area contributed by atoms with Crippen molar-refractivity contribution in [3.05, 3.63) is 0 Å². The Kier molecular flexibility index (Phi) is 9.33. The van der Waals surface area contributed by atoms with Gasteiger partial charge in [-0.2, -0.15) is 0 Å². The molecule has 5 heteroatoms. The normalized spacial score (nSPS) is 11.7. The van der Waals surface area contributed by atoms with Crippen molar-refractivity contribution in [2.75, 3.05) is 6.54 Å².